The van der Waals surface area contributed by atoms with Crippen LogP contribution in [0.4, 0.5) is 4.79 Å². The highest BCUT2D eigenvalue weighted by Crippen LogP contribution is 2.26. The van der Waals surface area contributed by atoms with Gasteiger partial charge in [0.1, 0.15) is 12.2 Å². The average molecular weight is 456 g/mol. The number of rotatable bonds is 5. The van der Waals surface area contributed by atoms with Crippen molar-refractivity contribution in [3.63, 3.8) is 0 Å². The molecule has 0 N–H and O–H groups in total. The summed E-state index contributed by atoms with van der Waals surface area (Å²) in [7, 11) is 0. The fourth-order valence-electron chi connectivity index (χ4n) is 3.99. The van der Waals surface area contributed by atoms with E-state index < -0.39 is 5.60 Å². The van der Waals surface area contributed by atoms with E-state index in [0.29, 0.717) is 30.7 Å². The number of fused-ring (bicyclic) bond motifs is 1. The number of carbonyl (C=O) groups excluding carboxylic acids is 1. The molecule has 2 aromatic carbocycles. The molecule has 170 valence electrons. The molecule has 1 aliphatic heterocycles. The first-order chi connectivity index (χ1) is 15.3. The predicted molar refractivity (Wildman–Crippen MR) is 126 cm³/mol. The normalized spacial score (nSPS) is 16.9. The topological polar surface area (TPSA) is 56.6 Å². The van der Waals surface area contributed by atoms with Crippen LogP contribution in [0.2, 0.25) is 5.02 Å². The minimum absolute atomic E-state index is 0.0394. The van der Waals surface area contributed by atoms with Crippen molar-refractivity contribution in [2.45, 2.75) is 58.2 Å². The Morgan fingerprint density at radius 3 is 2.62 bits per heavy atom. The van der Waals surface area contributed by atoms with E-state index in [1.807, 2.05) is 69.3 Å². The lowest BCUT2D eigenvalue weighted by Gasteiger charge is -2.36. The van der Waals surface area contributed by atoms with E-state index in [4.69, 9.17) is 26.1 Å². The quantitative estimate of drug-likeness (QED) is 0.480. The molecule has 3 aromatic rings. The summed E-state index contributed by atoms with van der Waals surface area (Å²) in [5.41, 5.74) is 2.47. The molecule has 0 bridgehead atoms. The third-order valence-corrected chi connectivity index (χ3v) is 5.79. The summed E-state index contributed by atoms with van der Waals surface area (Å²) in [6.07, 6.45) is 2.65. The van der Waals surface area contributed by atoms with E-state index in [0.717, 1.165) is 35.9 Å². The van der Waals surface area contributed by atoms with Crippen molar-refractivity contribution in [3.8, 4) is 6.01 Å². The smallest absolute Gasteiger partial charge is 0.410 e. The average Bonchev–Trinajstić information content (AvgIpc) is 3.10. The second-order valence-electron chi connectivity index (χ2n) is 9.23. The highest BCUT2D eigenvalue weighted by molar-refractivity contribution is 6.30. The zero-order chi connectivity index (χ0) is 22.7. The summed E-state index contributed by atoms with van der Waals surface area (Å²) < 4.78 is 13.9. The maximum atomic E-state index is 12.7. The van der Waals surface area contributed by atoms with Gasteiger partial charge in [0.05, 0.1) is 23.6 Å². The highest BCUT2D eigenvalue weighted by Gasteiger charge is 2.31. The molecule has 0 radical (unpaired) electrons. The van der Waals surface area contributed by atoms with Crippen LogP contribution in [0.15, 0.2) is 48.5 Å². The van der Waals surface area contributed by atoms with Crippen LogP contribution in [0.25, 0.3) is 11.0 Å². The van der Waals surface area contributed by atoms with Gasteiger partial charge < -0.3 is 14.4 Å². The van der Waals surface area contributed by atoms with Gasteiger partial charge in [-0.1, -0.05) is 35.9 Å². The second-order valence-corrected chi connectivity index (χ2v) is 9.67. The van der Waals surface area contributed by atoms with Crippen molar-refractivity contribution in [2.75, 3.05) is 13.2 Å². The summed E-state index contributed by atoms with van der Waals surface area (Å²) in [6.45, 7) is 7.35. The zero-order valence-electron chi connectivity index (χ0n) is 18.9. The van der Waals surface area contributed by atoms with Gasteiger partial charge in [-0.2, -0.15) is 4.98 Å². The van der Waals surface area contributed by atoms with Crippen LogP contribution < -0.4 is 4.74 Å². The second kappa shape index (κ2) is 9.41. The third-order valence-electron chi connectivity index (χ3n) is 5.53. The van der Waals surface area contributed by atoms with Crippen molar-refractivity contribution in [3.05, 3.63) is 59.1 Å². The Bertz CT molecular complexity index is 1070. The molecule has 1 aromatic heterocycles. The van der Waals surface area contributed by atoms with Crippen LogP contribution in [0.5, 0.6) is 6.01 Å². The fraction of sp³-hybridized carbons (Fsp3) is 0.440. The van der Waals surface area contributed by atoms with Gasteiger partial charge in [0.15, 0.2) is 0 Å². The lowest BCUT2D eigenvalue weighted by Crippen LogP contribution is -2.48. The van der Waals surface area contributed by atoms with Crippen LogP contribution in [0.1, 0.15) is 45.6 Å². The van der Waals surface area contributed by atoms with Crippen LogP contribution in [0, 0.1) is 0 Å². The van der Waals surface area contributed by atoms with Crippen LogP contribution in [-0.4, -0.2) is 45.3 Å². The molecule has 1 atom stereocenters. The van der Waals surface area contributed by atoms with Gasteiger partial charge in [-0.05, 0) is 69.9 Å². The maximum absolute atomic E-state index is 12.7. The lowest BCUT2D eigenvalue weighted by atomic mass is 10.0. The molecule has 1 aliphatic rings. The Balaban J connectivity index is 1.54. The third kappa shape index (κ3) is 5.36. The minimum atomic E-state index is -0.521. The number of amides is 1. The lowest BCUT2D eigenvalue weighted by molar-refractivity contribution is 0.00290. The van der Waals surface area contributed by atoms with E-state index in [9.17, 15) is 4.79 Å². The van der Waals surface area contributed by atoms with Crippen molar-refractivity contribution >= 4 is 28.7 Å². The van der Waals surface area contributed by atoms with Gasteiger partial charge in [0.25, 0.3) is 6.01 Å². The minimum Gasteiger partial charge on any atom is -0.462 e. The molecule has 0 spiro atoms. The number of imidazole rings is 1. The molecule has 1 saturated heterocycles. The molecule has 0 aliphatic carbocycles. The summed E-state index contributed by atoms with van der Waals surface area (Å²) in [6, 6.07) is 16.3. The Labute approximate surface area is 194 Å². The van der Waals surface area contributed by atoms with Gasteiger partial charge in [-0.25, -0.2) is 4.79 Å². The van der Waals surface area contributed by atoms with Crippen molar-refractivity contribution < 1.29 is 14.3 Å². The molecular weight excluding hydrogens is 426 g/mol. The van der Waals surface area contributed by atoms with Crippen molar-refractivity contribution in [1.82, 2.24) is 14.5 Å². The maximum Gasteiger partial charge on any atom is 0.410 e. The summed E-state index contributed by atoms with van der Waals surface area (Å²) in [4.78, 5) is 19.3. The number of carbonyl (C=O) groups is 1. The highest BCUT2D eigenvalue weighted by atomic mass is 35.5. The molecule has 4 rings (SSSR count). The Kier molecular flexibility index (Phi) is 6.60. The number of ether oxygens (including phenoxy) is 2. The van der Waals surface area contributed by atoms with Gasteiger partial charge in [0, 0.05) is 11.6 Å². The summed E-state index contributed by atoms with van der Waals surface area (Å²) >= 11 is 6.05. The molecule has 2 heterocycles. The Hall–Kier alpha value is -2.73. The molecule has 7 heteroatoms. The Morgan fingerprint density at radius 1 is 1.12 bits per heavy atom. The SMILES string of the molecule is CC(C)(C)OC(=O)N1CCCC[C@@H]1COc1nc2ccccc2n1Cc1ccc(Cl)cc1. The number of likely N-dealkylation sites (tertiary alicyclic amines) is 1. The van der Waals surface area contributed by atoms with Crippen molar-refractivity contribution in [1.29, 1.82) is 0 Å². The van der Waals surface area contributed by atoms with Gasteiger partial charge >= 0.3 is 6.09 Å². The molecule has 0 unspecified atom stereocenters. The number of hydrogen-bond donors (Lipinski definition) is 0. The number of hydrogen-bond acceptors (Lipinski definition) is 4. The monoisotopic (exact) mass is 455 g/mol. The van der Waals surface area contributed by atoms with Crippen LogP contribution in [0.3, 0.4) is 0 Å². The molecule has 0 saturated carbocycles. The number of nitrogens with zero attached hydrogens (tertiary/aromatic N) is 3. The van der Waals surface area contributed by atoms with Crippen LogP contribution >= 0.6 is 11.6 Å². The fourth-order valence-corrected chi connectivity index (χ4v) is 4.12. The van der Waals surface area contributed by atoms with E-state index in [1.54, 1.807) is 4.90 Å². The van der Waals surface area contributed by atoms with E-state index in [1.165, 1.54) is 0 Å². The van der Waals surface area contributed by atoms with E-state index in [2.05, 4.69) is 4.57 Å². The van der Waals surface area contributed by atoms with Gasteiger partial charge in [-0.15, -0.1) is 0 Å². The van der Waals surface area contributed by atoms with Gasteiger partial charge in [0.2, 0.25) is 0 Å². The molecular formula is C25H30ClN3O3. The Morgan fingerprint density at radius 2 is 1.88 bits per heavy atom. The van der Waals surface area contributed by atoms with Crippen LogP contribution in [-0.2, 0) is 11.3 Å². The molecule has 1 amide bonds. The standard InChI is InChI=1S/C25H30ClN3O3/c1-25(2,3)32-24(30)28-15-7-6-8-20(28)17-31-23-27-21-9-4-5-10-22(21)29(23)16-18-11-13-19(26)14-12-18/h4-5,9-14,20H,6-8,15-17H2,1-3H3/t20-/m1/s1. The molecule has 6 nitrogen and oxygen atoms in total. The molecule has 32 heavy (non-hydrogen) atoms. The van der Waals surface area contributed by atoms with E-state index in [-0.39, 0.29) is 12.1 Å². The van der Waals surface area contributed by atoms with Crippen molar-refractivity contribution in [2.24, 2.45) is 0 Å². The number of piperidine rings is 1. The largest absolute Gasteiger partial charge is 0.462 e. The first kappa shape index (κ1) is 22.5. The first-order valence-electron chi connectivity index (χ1n) is 11.1. The number of para-hydroxylation sites is 2. The summed E-state index contributed by atoms with van der Waals surface area (Å²) in [5.74, 6) is 0. The number of halogens is 1. The number of aromatic nitrogens is 2. The number of benzene rings is 2. The predicted octanol–water partition coefficient (Wildman–Crippen LogP) is 5.91. The van der Waals surface area contributed by atoms with Gasteiger partial charge in [-0.3, -0.25) is 4.57 Å². The first-order valence-corrected chi connectivity index (χ1v) is 11.5. The van der Waals surface area contributed by atoms with E-state index >= 15 is 0 Å². The molecule has 1 fully saturated rings. The zero-order valence-corrected chi connectivity index (χ0v) is 19.6. The summed E-state index contributed by atoms with van der Waals surface area (Å²) in [5, 5.41) is 0.709.